The van der Waals surface area contributed by atoms with Crippen LogP contribution in [0, 0.1) is 5.82 Å². The number of fused-ring (bicyclic) bond motifs is 1. The Balaban J connectivity index is 1.64. The van der Waals surface area contributed by atoms with E-state index in [1.807, 2.05) is 0 Å². The highest BCUT2D eigenvalue weighted by atomic mass is 32.2. The summed E-state index contributed by atoms with van der Waals surface area (Å²) in [5, 5.41) is 8.09. The molecule has 1 aliphatic rings. The third-order valence-electron chi connectivity index (χ3n) is 7.17. The van der Waals surface area contributed by atoms with Crippen molar-refractivity contribution in [1.29, 1.82) is 0 Å². The maximum absolute atomic E-state index is 14.9. The topological polar surface area (TPSA) is 111 Å². The smallest absolute Gasteiger partial charge is 0.393 e. The maximum atomic E-state index is 14.9. The van der Waals surface area contributed by atoms with E-state index in [0.29, 0.717) is 29.7 Å². The summed E-state index contributed by atoms with van der Waals surface area (Å²) in [5.41, 5.74) is 0.903. The van der Waals surface area contributed by atoms with Gasteiger partial charge in [-0.1, -0.05) is 18.2 Å². The molecular weight excluding hydrogens is 592 g/mol. The number of para-hydroxylation sites is 1. The molecule has 43 heavy (non-hydrogen) atoms. The first-order valence-corrected chi connectivity index (χ1v) is 15.3. The molecule has 0 aliphatic carbocycles. The van der Waals surface area contributed by atoms with Crippen LogP contribution in [0.1, 0.15) is 36.6 Å². The molecule has 1 aliphatic heterocycles. The minimum Gasteiger partial charge on any atom is -0.494 e. The molecule has 1 fully saturated rings. The van der Waals surface area contributed by atoms with Crippen LogP contribution in [0.5, 0.6) is 5.75 Å². The predicted molar refractivity (Wildman–Crippen MR) is 153 cm³/mol. The van der Waals surface area contributed by atoms with Gasteiger partial charge in [-0.3, -0.25) is 4.31 Å². The van der Waals surface area contributed by atoms with Crippen LogP contribution in [0.15, 0.2) is 42.6 Å². The van der Waals surface area contributed by atoms with Crippen molar-refractivity contribution >= 4 is 32.6 Å². The van der Waals surface area contributed by atoms with Gasteiger partial charge in [-0.2, -0.15) is 18.3 Å². The molecule has 5 rings (SSSR count). The summed E-state index contributed by atoms with van der Waals surface area (Å²) >= 11 is 0. The quantitative estimate of drug-likeness (QED) is 0.245. The van der Waals surface area contributed by atoms with E-state index in [0.717, 1.165) is 35.5 Å². The van der Waals surface area contributed by atoms with Crippen LogP contribution in [0.2, 0.25) is 0 Å². The van der Waals surface area contributed by atoms with Gasteiger partial charge in [-0.25, -0.2) is 27.5 Å². The van der Waals surface area contributed by atoms with Crippen molar-refractivity contribution in [3.63, 3.8) is 0 Å². The number of hydrogen-bond donors (Lipinski definition) is 1. The molecule has 0 bridgehead atoms. The SMILES string of the molecule is COc1cc(CC(F)(F)F)c(-c2nc(NCc3ccccc3N(C)S(C)(=O)=O)c3cnn(C4CCCCO4)c3n2)cc1F. The molecule has 0 saturated carbocycles. The van der Waals surface area contributed by atoms with Crippen molar-refractivity contribution < 1.29 is 35.5 Å². The lowest BCUT2D eigenvalue weighted by atomic mass is 10.0. The number of ether oxygens (including phenoxy) is 2. The van der Waals surface area contributed by atoms with Crippen LogP contribution in [-0.2, 0) is 27.7 Å². The van der Waals surface area contributed by atoms with Gasteiger partial charge in [-0.05, 0) is 48.6 Å². The Morgan fingerprint density at radius 1 is 1.16 bits per heavy atom. The van der Waals surface area contributed by atoms with Crippen LogP contribution in [0.4, 0.5) is 29.1 Å². The van der Waals surface area contributed by atoms with Crippen LogP contribution in [0.3, 0.4) is 0 Å². The molecule has 1 atom stereocenters. The Hall–Kier alpha value is -3.98. The minimum absolute atomic E-state index is 0.0963. The van der Waals surface area contributed by atoms with E-state index >= 15 is 0 Å². The first-order chi connectivity index (χ1) is 20.4. The number of halogens is 4. The number of anilines is 2. The number of alkyl halides is 3. The Bertz CT molecular complexity index is 1740. The Morgan fingerprint density at radius 3 is 2.60 bits per heavy atom. The second-order valence-corrected chi connectivity index (χ2v) is 12.2. The molecule has 230 valence electrons. The first kappa shape index (κ1) is 30.5. The third-order valence-corrected chi connectivity index (χ3v) is 8.36. The lowest BCUT2D eigenvalue weighted by Gasteiger charge is -2.23. The zero-order chi connectivity index (χ0) is 30.9. The standard InChI is InChI=1S/C28H30F4N6O4S/c1-37(43(3,39)40)22-9-5-4-8-17(22)15-33-25-20-16-34-38(24-10-6-7-11-42-24)27(20)36-26(35-25)19-13-21(29)23(41-2)12-18(19)14-28(30,31)32/h4-5,8-9,12-13,16,24H,6-7,10-11,14-15H2,1-3H3,(H,33,35,36). The van der Waals surface area contributed by atoms with Crippen LogP contribution < -0.4 is 14.4 Å². The minimum atomic E-state index is -4.60. The third kappa shape index (κ3) is 6.67. The Kier molecular flexibility index (Phi) is 8.47. The van der Waals surface area contributed by atoms with Gasteiger partial charge < -0.3 is 14.8 Å². The predicted octanol–water partition coefficient (Wildman–Crippen LogP) is 5.45. The molecule has 0 spiro atoms. The van der Waals surface area contributed by atoms with E-state index in [1.54, 1.807) is 28.9 Å². The van der Waals surface area contributed by atoms with Gasteiger partial charge in [0.1, 0.15) is 5.82 Å². The van der Waals surface area contributed by atoms with E-state index in [2.05, 4.69) is 20.4 Å². The largest absolute Gasteiger partial charge is 0.494 e. The molecule has 1 saturated heterocycles. The van der Waals surface area contributed by atoms with E-state index in [-0.39, 0.29) is 40.7 Å². The van der Waals surface area contributed by atoms with Gasteiger partial charge >= 0.3 is 6.18 Å². The van der Waals surface area contributed by atoms with E-state index in [4.69, 9.17) is 9.47 Å². The van der Waals surface area contributed by atoms with Crippen molar-refractivity contribution in [1.82, 2.24) is 19.7 Å². The fourth-order valence-electron chi connectivity index (χ4n) is 4.96. The summed E-state index contributed by atoms with van der Waals surface area (Å²) in [6.45, 7) is 0.609. The number of rotatable bonds is 9. The number of benzene rings is 2. The van der Waals surface area contributed by atoms with Crippen LogP contribution in [-0.4, -0.2) is 61.4 Å². The van der Waals surface area contributed by atoms with Crippen LogP contribution >= 0.6 is 0 Å². The van der Waals surface area contributed by atoms with Gasteiger partial charge in [0.05, 0.1) is 37.1 Å². The zero-order valence-electron chi connectivity index (χ0n) is 23.7. The van der Waals surface area contributed by atoms with E-state index in [1.165, 1.54) is 20.4 Å². The van der Waals surface area contributed by atoms with Gasteiger partial charge in [0.2, 0.25) is 10.0 Å². The highest BCUT2D eigenvalue weighted by molar-refractivity contribution is 7.92. The summed E-state index contributed by atoms with van der Waals surface area (Å²) in [6.07, 6.45) is -1.37. The monoisotopic (exact) mass is 622 g/mol. The molecule has 2 aromatic carbocycles. The van der Waals surface area contributed by atoms with Crippen molar-refractivity contribution in [2.24, 2.45) is 0 Å². The number of sulfonamides is 1. The summed E-state index contributed by atoms with van der Waals surface area (Å²) in [4.78, 5) is 9.10. The molecular formula is C28H30F4N6O4S. The average molecular weight is 623 g/mol. The van der Waals surface area contributed by atoms with Crippen molar-refractivity contribution in [3.8, 4) is 17.1 Å². The lowest BCUT2D eigenvalue weighted by molar-refractivity contribution is -0.127. The molecule has 0 amide bonds. The van der Waals surface area contributed by atoms with Crippen molar-refractivity contribution in [2.75, 3.05) is 36.6 Å². The summed E-state index contributed by atoms with van der Waals surface area (Å²) in [7, 11) is -0.960. The zero-order valence-corrected chi connectivity index (χ0v) is 24.5. The van der Waals surface area contributed by atoms with Crippen LogP contribution in [0.25, 0.3) is 22.4 Å². The van der Waals surface area contributed by atoms with Gasteiger partial charge in [0, 0.05) is 25.8 Å². The molecule has 3 heterocycles. The molecule has 1 unspecified atom stereocenters. The summed E-state index contributed by atoms with van der Waals surface area (Å²) < 4.78 is 93.7. The van der Waals surface area contributed by atoms with Gasteiger partial charge in [-0.15, -0.1) is 0 Å². The number of methoxy groups -OCH3 is 1. The van der Waals surface area contributed by atoms with Gasteiger partial charge in [0.25, 0.3) is 0 Å². The summed E-state index contributed by atoms with van der Waals surface area (Å²) in [5.74, 6) is -1.15. The fraction of sp³-hybridized carbons (Fsp3) is 0.393. The Morgan fingerprint density at radius 2 is 1.93 bits per heavy atom. The second-order valence-electron chi connectivity index (χ2n) is 10.2. The number of nitrogens with zero attached hydrogens (tertiary/aromatic N) is 5. The van der Waals surface area contributed by atoms with Gasteiger partial charge in [0.15, 0.2) is 29.3 Å². The highest BCUT2D eigenvalue weighted by Gasteiger charge is 2.31. The molecule has 15 heteroatoms. The highest BCUT2D eigenvalue weighted by Crippen LogP contribution is 2.36. The van der Waals surface area contributed by atoms with Crippen molar-refractivity contribution in [3.05, 3.63) is 59.5 Å². The lowest BCUT2D eigenvalue weighted by Crippen LogP contribution is -2.26. The number of aromatic nitrogens is 4. The summed E-state index contributed by atoms with van der Waals surface area (Å²) in [6, 6.07) is 8.77. The number of nitrogens with one attached hydrogen (secondary N) is 1. The van der Waals surface area contributed by atoms with Crippen molar-refractivity contribution in [2.45, 2.75) is 44.6 Å². The fourth-order valence-corrected chi connectivity index (χ4v) is 5.49. The second kappa shape index (κ2) is 12.0. The maximum Gasteiger partial charge on any atom is 0.393 e. The molecule has 10 nitrogen and oxygen atoms in total. The normalized spacial score (nSPS) is 15.9. The first-order valence-electron chi connectivity index (χ1n) is 13.4. The number of hydrogen-bond acceptors (Lipinski definition) is 8. The van der Waals surface area contributed by atoms with E-state index in [9.17, 15) is 26.0 Å². The Labute approximate surface area is 245 Å². The molecule has 2 aromatic heterocycles. The van der Waals surface area contributed by atoms with E-state index < -0.39 is 34.7 Å². The molecule has 4 aromatic rings. The average Bonchev–Trinajstić information content (AvgIpc) is 3.40. The molecule has 0 radical (unpaired) electrons. The molecule has 1 N–H and O–H groups in total.